The average molecular weight is 199 g/mol. The summed E-state index contributed by atoms with van der Waals surface area (Å²) in [7, 11) is 0. The highest BCUT2D eigenvalue weighted by molar-refractivity contribution is 9.11. The fraction of sp³-hybridized carbons (Fsp3) is 0.250. The van der Waals surface area contributed by atoms with Crippen molar-refractivity contribution in [3.05, 3.63) is 34.0 Å². The zero-order chi connectivity index (χ0) is 6.97. The van der Waals surface area contributed by atoms with Gasteiger partial charge in [-0.15, -0.1) is 0 Å². The summed E-state index contributed by atoms with van der Waals surface area (Å²) in [6, 6.07) is 0. The summed E-state index contributed by atoms with van der Waals surface area (Å²) >= 11 is 3.40. The summed E-state index contributed by atoms with van der Waals surface area (Å²) in [5.74, 6) is 1.04. The van der Waals surface area contributed by atoms with Gasteiger partial charge in [0.2, 0.25) is 0 Å². The van der Waals surface area contributed by atoms with Crippen LogP contribution < -0.4 is 0 Å². The van der Waals surface area contributed by atoms with Gasteiger partial charge >= 0.3 is 0 Å². The lowest BCUT2D eigenvalue weighted by atomic mass is 10.1. The van der Waals surface area contributed by atoms with Gasteiger partial charge in [-0.25, -0.2) is 0 Å². The lowest BCUT2D eigenvalue weighted by Crippen LogP contribution is -1.90. The van der Waals surface area contributed by atoms with Gasteiger partial charge in [0, 0.05) is 4.48 Å². The van der Waals surface area contributed by atoms with E-state index < -0.39 is 0 Å². The molecule has 0 saturated carbocycles. The van der Waals surface area contributed by atoms with Gasteiger partial charge in [0.15, 0.2) is 0 Å². The summed E-state index contributed by atoms with van der Waals surface area (Å²) < 4.78 is 6.45. The van der Waals surface area contributed by atoms with E-state index in [0.29, 0.717) is 0 Å². The number of ether oxygens (including phenoxy) is 1. The van der Waals surface area contributed by atoms with Crippen LogP contribution in [0.1, 0.15) is 6.42 Å². The van der Waals surface area contributed by atoms with E-state index in [-0.39, 0.29) is 0 Å². The van der Waals surface area contributed by atoms with Crippen LogP contribution in [-0.2, 0) is 4.74 Å². The number of hydrogen-bond donors (Lipinski definition) is 0. The second-order valence-corrected chi connectivity index (χ2v) is 3.26. The second-order valence-electron chi connectivity index (χ2n) is 2.34. The van der Waals surface area contributed by atoms with E-state index in [1.54, 1.807) is 0 Å². The quantitative estimate of drug-likeness (QED) is 0.582. The van der Waals surface area contributed by atoms with E-state index in [2.05, 4.69) is 28.1 Å². The molecule has 0 saturated heterocycles. The molecule has 0 aromatic heterocycles. The number of rotatable bonds is 0. The van der Waals surface area contributed by atoms with Gasteiger partial charge in [-0.3, -0.25) is 0 Å². The fourth-order valence-corrected chi connectivity index (χ4v) is 1.51. The monoisotopic (exact) mass is 198 g/mol. The Morgan fingerprint density at radius 2 is 2.30 bits per heavy atom. The molecule has 1 nitrogen and oxygen atoms in total. The summed E-state index contributed by atoms with van der Waals surface area (Å²) in [4.78, 5) is 0. The van der Waals surface area contributed by atoms with Crippen LogP contribution in [0.5, 0.6) is 0 Å². The molecule has 1 heterocycles. The molecule has 2 rings (SSSR count). The molecule has 0 unspecified atom stereocenters. The number of allylic oxidation sites excluding steroid dienone is 4. The van der Waals surface area contributed by atoms with Gasteiger partial charge in [-0.1, -0.05) is 22.0 Å². The molecule has 2 heteroatoms. The Kier molecular flexibility index (Phi) is 1.42. The number of fused-ring (bicyclic) bond motifs is 1. The minimum absolute atomic E-state index is 0.745. The molecule has 0 aromatic rings. The summed E-state index contributed by atoms with van der Waals surface area (Å²) in [5.41, 5.74) is 1.32. The molecule has 0 N–H and O–H groups in total. The maximum Gasteiger partial charge on any atom is 0.124 e. The molecule has 0 atom stereocenters. The Bertz CT molecular complexity index is 248. The van der Waals surface area contributed by atoms with Crippen molar-refractivity contribution in [2.24, 2.45) is 0 Å². The molecule has 1 aliphatic carbocycles. The first-order valence-electron chi connectivity index (χ1n) is 3.26. The first-order chi connectivity index (χ1) is 4.86. The maximum absolute atomic E-state index is 5.32. The van der Waals surface area contributed by atoms with Crippen LogP contribution in [0.25, 0.3) is 0 Å². The van der Waals surface area contributed by atoms with Crippen LogP contribution in [0.15, 0.2) is 34.0 Å². The predicted molar refractivity (Wildman–Crippen MR) is 43.7 cm³/mol. The molecular weight excluding hydrogens is 192 g/mol. The van der Waals surface area contributed by atoms with Crippen molar-refractivity contribution in [3.63, 3.8) is 0 Å². The molecule has 2 aliphatic rings. The predicted octanol–water partition coefficient (Wildman–Crippen LogP) is 2.51. The van der Waals surface area contributed by atoms with E-state index in [1.807, 2.05) is 6.08 Å². The molecule has 0 aromatic carbocycles. The summed E-state index contributed by atoms with van der Waals surface area (Å²) in [6.45, 7) is 0.745. The summed E-state index contributed by atoms with van der Waals surface area (Å²) in [5, 5.41) is 0. The molecule has 0 bridgehead atoms. The zero-order valence-corrected chi connectivity index (χ0v) is 7.02. The first kappa shape index (κ1) is 6.23. The zero-order valence-electron chi connectivity index (χ0n) is 5.43. The highest BCUT2D eigenvalue weighted by Gasteiger charge is 2.14. The van der Waals surface area contributed by atoms with Crippen molar-refractivity contribution in [2.75, 3.05) is 6.61 Å². The van der Waals surface area contributed by atoms with Crippen molar-refractivity contribution in [2.45, 2.75) is 6.42 Å². The van der Waals surface area contributed by atoms with Crippen LogP contribution >= 0.6 is 15.9 Å². The standard InChI is InChI=1S/C8H7BrO/c9-7-2-1-6-3-4-10-8(6)5-7/h2-3,5H,1,4H2. The van der Waals surface area contributed by atoms with Crippen LogP contribution in [0.3, 0.4) is 0 Å². The normalized spacial score (nSPS) is 22.3. The van der Waals surface area contributed by atoms with Crippen LogP contribution in [0, 0.1) is 0 Å². The highest BCUT2D eigenvalue weighted by Crippen LogP contribution is 2.29. The third-order valence-electron chi connectivity index (χ3n) is 1.67. The topological polar surface area (TPSA) is 9.23 Å². The maximum atomic E-state index is 5.32. The minimum Gasteiger partial charge on any atom is -0.489 e. The van der Waals surface area contributed by atoms with Crippen molar-refractivity contribution < 1.29 is 4.74 Å². The molecule has 0 spiro atoms. The van der Waals surface area contributed by atoms with E-state index in [4.69, 9.17) is 4.74 Å². The van der Waals surface area contributed by atoms with Crippen molar-refractivity contribution in [1.82, 2.24) is 0 Å². The van der Waals surface area contributed by atoms with Gasteiger partial charge < -0.3 is 4.74 Å². The number of hydrogen-bond acceptors (Lipinski definition) is 1. The van der Waals surface area contributed by atoms with Crippen molar-refractivity contribution in [3.8, 4) is 0 Å². The summed E-state index contributed by atoms with van der Waals surface area (Å²) in [6.07, 6.45) is 7.29. The Morgan fingerprint density at radius 1 is 1.40 bits per heavy atom. The SMILES string of the molecule is BrC1=CCC2=CCOC2=C1. The molecule has 1 aliphatic heterocycles. The lowest BCUT2D eigenvalue weighted by Gasteiger charge is -2.07. The Labute approximate surface area is 68.2 Å². The minimum atomic E-state index is 0.745. The third-order valence-corrected chi connectivity index (χ3v) is 2.22. The van der Waals surface area contributed by atoms with Crippen LogP contribution in [-0.4, -0.2) is 6.61 Å². The van der Waals surface area contributed by atoms with Gasteiger partial charge in [0.1, 0.15) is 12.4 Å². The van der Waals surface area contributed by atoms with Crippen LogP contribution in [0.4, 0.5) is 0 Å². The molecule has 0 fully saturated rings. The van der Waals surface area contributed by atoms with Crippen molar-refractivity contribution in [1.29, 1.82) is 0 Å². The third kappa shape index (κ3) is 0.926. The Morgan fingerprint density at radius 3 is 3.20 bits per heavy atom. The molecule has 0 radical (unpaired) electrons. The lowest BCUT2D eigenvalue weighted by molar-refractivity contribution is 0.275. The smallest absolute Gasteiger partial charge is 0.124 e. The first-order valence-corrected chi connectivity index (χ1v) is 4.05. The average Bonchev–Trinajstić information content (AvgIpc) is 2.33. The van der Waals surface area contributed by atoms with E-state index >= 15 is 0 Å². The Hall–Kier alpha value is -0.500. The highest BCUT2D eigenvalue weighted by atomic mass is 79.9. The molecular formula is C8H7BrO. The van der Waals surface area contributed by atoms with Gasteiger partial charge in [-0.2, -0.15) is 0 Å². The van der Waals surface area contributed by atoms with Crippen LogP contribution in [0.2, 0.25) is 0 Å². The largest absolute Gasteiger partial charge is 0.489 e. The van der Waals surface area contributed by atoms with Crippen molar-refractivity contribution >= 4 is 15.9 Å². The van der Waals surface area contributed by atoms with Gasteiger partial charge in [0.25, 0.3) is 0 Å². The second kappa shape index (κ2) is 2.27. The van der Waals surface area contributed by atoms with Gasteiger partial charge in [-0.05, 0) is 24.1 Å². The molecule has 10 heavy (non-hydrogen) atoms. The van der Waals surface area contributed by atoms with E-state index in [9.17, 15) is 0 Å². The number of halogens is 1. The van der Waals surface area contributed by atoms with E-state index in [1.165, 1.54) is 5.57 Å². The van der Waals surface area contributed by atoms with E-state index in [0.717, 1.165) is 23.3 Å². The fourth-order valence-electron chi connectivity index (χ4n) is 1.14. The molecule has 52 valence electrons. The molecule has 0 amide bonds. The van der Waals surface area contributed by atoms with Gasteiger partial charge in [0.05, 0.1) is 0 Å². The Balaban J connectivity index is 2.36.